The minimum atomic E-state index is -0.126. The third-order valence-corrected chi connectivity index (χ3v) is 1.68. The van der Waals surface area contributed by atoms with Crippen molar-refractivity contribution in [2.24, 2.45) is 0 Å². The van der Waals surface area contributed by atoms with Gasteiger partial charge in [0.1, 0.15) is 0 Å². The second-order valence-corrected chi connectivity index (χ2v) is 2.78. The molecule has 4 nitrogen and oxygen atoms in total. The van der Waals surface area contributed by atoms with Crippen LogP contribution in [-0.2, 0) is 4.79 Å². The van der Waals surface area contributed by atoms with Crippen molar-refractivity contribution in [1.82, 2.24) is 9.97 Å². The minimum Gasteiger partial charge on any atom is -0.324 e. The molecule has 0 atom stereocenters. The summed E-state index contributed by atoms with van der Waals surface area (Å²) in [6.45, 7) is 1.45. The van der Waals surface area contributed by atoms with Crippen LogP contribution in [0.4, 0.5) is 5.95 Å². The fourth-order valence-electron chi connectivity index (χ4n) is 1.18. The predicted molar refractivity (Wildman–Crippen MR) is 52.5 cm³/mol. The Balaban J connectivity index is 0.000000980. The SMILES string of the molecule is CC(=O)Nc1nc2ccccc2[nH]1.[HH]. The maximum absolute atomic E-state index is 10.7. The summed E-state index contributed by atoms with van der Waals surface area (Å²) < 4.78 is 0. The van der Waals surface area contributed by atoms with Gasteiger partial charge < -0.3 is 4.98 Å². The van der Waals surface area contributed by atoms with Gasteiger partial charge in [-0.25, -0.2) is 4.98 Å². The van der Waals surface area contributed by atoms with Crippen LogP contribution in [0.15, 0.2) is 24.3 Å². The van der Waals surface area contributed by atoms with Crippen LogP contribution in [0.2, 0.25) is 0 Å². The number of rotatable bonds is 1. The molecular formula is C9H11N3O. The lowest BCUT2D eigenvalue weighted by molar-refractivity contribution is -0.114. The standard InChI is InChI=1S/C9H9N3O.H2/c1-6(13)10-9-11-7-4-2-3-5-8(7)12-9;/h2-5H,1H3,(H2,10,11,12,13);1H. The molecule has 13 heavy (non-hydrogen) atoms. The van der Waals surface area contributed by atoms with Crippen LogP contribution in [0.5, 0.6) is 0 Å². The number of anilines is 1. The molecule has 1 aromatic carbocycles. The Kier molecular flexibility index (Phi) is 1.73. The first kappa shape index (κ1) is 7.79. The lowest BCUT2D eigenvalue weighted by Gasteiger charge is -1.92. The second kappa shape index (κ2) is 2.90. The number of para-hydroxylation sites is 2. The summed E-state index contributed by atoms with van der Waals surface area (Å²) in [6.07, 6.45) is 0. The maximum Gasteiger partial charge on any atom is 0.223 e. The van der Waals surface area contributed by atoms with E-state index in [1.165, 1.54) is 6.92 Å². The molecule has 0 aliphatic rings. The third kappa shape index (κ3) is 1.51. The molecule has 0 saturated heterocycles. The van der Waals surface area contributed by atoms with Gasteiger partial charge >= 0.3 is 0 Å². The van der Waals surface area contributed by atoms with E-state index in [4.69, 9.17) is 0 Å². The number of amides is 1. The average molecular weight is 177 g/mol. The van der Waals surface area contributed by atoms with Crippen LogP contribution >= 0.6 is 0 Å². The Morgan fingerprint density at radius 3 is 3.00 bits per heavy atom. The van der Waals surface area contributed by atoms with Crippen LogP contribution in [0.3, 0.4) is 0 Å². The first-order valence-electron chi connectivity index (χ1n) is 3.98. The van der Waals surface area contributed by atoms with Gasteiger partial charge in [0.2, 0.25) is 11.9 Å². The van der Waals surface area contributed by atoms with E-state index in [-0.39, 0.29) is 7.33 Å². The van der Waals surface area contributed by atoms with E-state index in [1.54, 1.807) is 0 Å². The summed E-state index contributed by atoms with van der Waals surface area (Å²) in [5.74, 6) is 0.368. The normalized spacial score (nSPS) is 10.2. The number of nitrogens with one attached hydrogen (secondary N) is 2. The molecule has 2 N–H and O–H groups in total. The van der Waals surface area contributed by atoms with Crippen molar-refractivity contribution < 1.29 is 6.22 Å². The fraction of sp³-hybridized carbons (Fsp3) is 0.111. The van der Waals surface area contributed by atoms with Crippen molar-refractivity contribution in [2.75, 3.05) is 5.32 Å². The molecule has 0 radical (unpaired) electrons. The van der Waals surface area contributed by atoms with E-state index in [0.717, 1.165) is 11.0 Å². The van der Waals surface area contributed by atoms with Crippen LogP contribution in [0, 0.1) is 0 Å². The summed E-state index contributed by atoms with van der Waals surface area (Å²) in [5.41, 5.74) is 1.78. The van der Waals surface area contributed by atoms with E-state index in [2.05, 4.69) is 15.3 Å². The highest BCUT2D eigenvalue weighted by Gasteiger charge is 2.01. The zero-order valence-corrected chi connectivity index (χ0v) is 7.16. The Labute approximate surface area is 76.5 Å². The number of fused-ring (bicyclic) bond motifs is 1. The molecule has 1 aromatic heterocycles. The Bertz CT molecular complexity index is 419. The molecule has 0 fully saturated rings. The number of nitrogens with zero attached hydrogens (tertiary/aromatic N) is 1. The van der Waals surface area contributed by atoms with Crippen LogP contribution in [-0.4, -0.2) is 15.9 Å². The van der Waals surface area contributed by atoms with Crippen molar-refractivity contribution >= 4 is 22.9 Å². The Morgan fingerprint density at radius 2 is 2.31 bits per heavy atom. The van der Waals surface area contributed by atoms with Gasteiger partial charge in [-0.1, -0.05) is 12.1 Å². The largest absolute Gasteiger partial charge is 0.324 e. The number of carbonyl (C=O) groups excluding carboxylic acids is 1. The smallest absolute Gasteiger partial charge is 0.223 e. The average Bonchev–Trinajstić information content (AvgIpc) is 2.44. The van der Waals surface area contributed by atoms with Gasteiger partial charge in [-0.2, -0.15) is 0 Å². The summed E-state index contributed by atoms with van der Waals surface area (Å²) >= 11 is 0. The number of aromatic nitrogens is 2. The van der Waals surface area contributed by atoms with Gasteiger partial charge in [0.25, 0.3) is 0 Å². The molecule has 1 amide bonds. The molecular weight excluding hydrogens is 166 g/mol. The van der Waals surface area contributed by atoms with E-state index in [0.29, 0.717) is 5.95 Å². The lowest BCUT2D eigenvalue weighted by Crippen LogP contribution is -2.06. The quantitative estimate of drug-likeness (QED) is 0.697. The molecule has 0 saturated carbocycles. The van der Waals surface area contributed by atoms with Gasteiger partial charge in [-0.15, -0.1) is 0 Å². The first-order chi connectivity index (χ1) is 6.25. The van der Waals surface area contributed by atoms with E-state index in [9.17, 15) is 4.79 Å². The zero-order valence-electron chi connectivity index (χ0n) is 7.16. The molecule has 2 rings (SSSR count). The first-order valence-corrected chi connectivity index (χ1v) is 3.98. The number of carbonyl (C=O) groups is 1. The third-order valence-electron chi connectivity index (χ3n) is 1.68. The van der Waals surface area contributed by atoms with Crippen molar-refractivity contribution in [2.45, 2.75) is 6.92 Å². The fourth-order valence-corrected chi connectivity index (χ4v) is 1.18. The van der Waals surface area contributed by atoms with Gasteiger partial charge in [-0.05, 0) is 12.1 Å². The lowest BCUT2D eigenvalue weighted by atomic mass is 10.3. The summed E-state index contributed by atoms with van der Waals surface area (Å²) in [6, 6.07) is 7.61. The van der Waals surface area contributed by atoms with Gasteiger partial charge in [0.15, 0.2) is 0 Å². The molecule has 4 heteroatoms. The number of benzene rings is 1. The van der Waals surface area contributed by atoms with Crippen molar-refractivity contribution in [1.29, 1.82) is 0 Å². The summed E-state index contributed by atoms with van der Waals surface area (Å²) in [5, 5.41) is 2.59. The summed E-state index contributed by atoms with van der Waals surface area (Å²) in [4.78, 5) is 17.9. The minimum absolute atomic E-state index is 0. The Morgan fingerprint density at radius 1 is 1.54 bits per heavy atom. The monoisotopic (exact) mass is 177 g/mol. The molecule has 0 aliphatic heterocycles. The van der Waals surface area contributed by atoms with Crippen molar-refractivity contribution in [3.05, 3.63) is 24.3 Å². The number of aromatic amines is 1. The van der Waals surface area contributed by atoms with Gasteiger partial charge in [-0.3, -0.25) is 10.1 Å². The molecule has 68 valence electrons. The number of imidazole rings is 1. The molecule has 2 aromatic rings. The topological polar surface area (TPSA) is 57.8 Å². The second-order valence-electron chi connectivity index (χ2n) is 2.78. The highest BCUT2D eigenvalue weighted by Crippen LogP contribution is 2.12. The number of H-pyrrole nitrogens is 1. The zero-order chi connectivity index (χ0) is 9.26. The summed E-state index contributed by atoms with van der Waals surface area (Å²) in [7, 11) is 0. The molecule has 1 heterocycles. The van der Waals surface area contributed by atoms with Crippen LogP contribution in [0.25, 0.3) is 11.0 Å². The van der Waals surface area contributed by atoms with E-state index >= 15 is 0 Å². The number of hydrogen-bond acceptors (Lipinski definition) is 2. The van der Waals surface area contributed by atoms with Crippen LogP contribution < -0.4 is 5.32 Å². The van der Waals surface area contributed by atoms with E-state index < -0.39 is 0 Å². The Hall–Kier alpha value is -1.84. The molecule has 0 spiro atoms. The van der Waals surface area contributed by atoms with Crippen LogP contribution in [0.1, 0.15) is 8.35 Å². The number of hydrogen-bond donors (Lipinski definition) is 2. The highest BCUT2D eigenvalue weighted by atomic mass is 16.1. The molecule has 0 unspecified atom stereocenters. The molecule has 0 aliphatic carbocycles. The van der Waals surface area contributed by atoms with Crippen molar-refractivity contribution in [3.63, 3.8) is 0 Å². The van der Waals surface area contributed by atoms with Crippen molar-refractivity contribution in [3.8, 4) is 0 Å². The van der Waals surface area contributed by atoms with Gasteiger partial charge in [0.05, 0.1) is 11.0 Å². The highest BCUT2D eigenvalue weighted by molar-refractivity contribution is 5.89. The van der Waals surface area contributed by atoms with Gasteiger partial charge in [0, 0.05) is 8.35 Å². The maximum atomic E-state index is 10.7. The predicted octanol–water partition coefficient (Wildman–Crippen LogP) is 1.77. The molecule has 0 bridgehead atoms. The van der Waals surface area contributed by atoms with E-state index in [1.807, 2.05) is 24.3 Å².